The maximum atomic E-state index is 12.4. The smallest absolute Gasteiger partial charge is 0.270 e. The fraction of sp³-hybridized carbons (Fsp3) is 0.0833. The van der Waals surface area contributed by atoms with Crippen molar-refractivity contribution in [3.05, 3.63) is 60.5 Å². The third-order valence-electron chi connectivity index (χ3n) is 2.87. The molecule has 0 aliphatic carbocycles. The third kappa shape index (κ3) is 2.63. The highest BCUT2D eigenvalue weighted by molar-refractivity contribution is 7.15. The number of fused-ring (bicyclic) bond motifs is 1. The standard InChI is InChI=1S/C12H7ClN4O3S/c13-12-14-4-8(21-12)5-16-6-15-10-2-1-7(17(19)20)3-9(10)11(16)18/h1-4,6H,5H2. The number of rotatable bonds is 3. The lowest BCUT2D eigenvalue weighted by Crippen LogP contribution is -2.20. The first-order valence-corrected chi connectivity index (χ1v) is 6.98. The van der Waals surface area contributed by atoms with Crippen molar-refractivity contribution in [2.75, 3.05) is 0 Å². The highest BCUT2D eigenvalue weighted by atomic mass is 35.5. The summed E-state index contributed by atoms with van der Waals surface area (Å²) in [5.41, 5.74) is -0.0580. The van der Waals surface area contributed by atoms with E-state index in [1.807, 2.05) is 0 Å². The van der Waals surface area contributed by atoms with Gasteiger partial charge >= 0.3 is 0 Å². The van der Waals surface area contributed by atoms with Crippen molar-refractivity contribution in [1.82, 2.24) is 14.5 Å². The molecule has 0 saturated heterocycles. The maximum absolute atomic E-state index is 12.4. The number of nitrogens with zero attached hydrogens (tertiary/aromatic N) is 4. The summed E-state index contributed by atoms with van der Waals surface area (Å²) < 4.78 is 1.76. The Hall–Kier alpha value is -2.32. The molecule has 0 fully saturated rings. The number of nitro groups is 1. The molecule has 9 heteroatoms. The summed E-state index contributed by atoms with van der Waals surface area (Å²) in [7, 11) is 0. The zero-order valence-corrected chi connectivity index (χ0v) is 12.0. The Morgan fingerprint density at radius 3 is 2.86 bits per heavy atom. The average molecular weight is 323 g/mol. The maximum Gasteiger partial charge on any atom is 0.270 e. The lowest BCUT2D eigenvalue weighted by molar-refractivity contribution is -0.384. The number of thiazole rings is 1. The summed E-state index contributed by atoms with van der Waals surface area (Å²) in [5, 5.41) is 11.0. The number of aromatic nitrogens is 3. The van der Waals surface area contributed by atoms with E-state index in [1.54, 1.807) is 6.20 Å². The van der Waals surface area contributed by atoms with Crippen molar-refractivity contribution >= 4 is 39.5 Å². The van der Waals surface area contributed by atoms with E-state index in [4.69, 9.17) is 11.6 Å². The fourth-order valence-electron chi connectivity index (χ4n) is 1.90. The lowest BCUT2D eigenvalue weighted by Gasteiger charge is -2.04. The van der Waals surface area contributed by atoms with E-state index in [9.17, 15) is 14.9 Å². The van der Waals surface area contributed by atoms with Crippen LogP contribution in [0, 0.1) is 10.1 Å². The summed E-state index contributed by atoms with van der Waals surface area (Å²) in [4.78, 5) is 31.5. The molecule has 3 rings (SSSR count). The molecule has 3 aromatic rings. The Morgan fingerprint density at radius 1 is 1.38 bits per heavy atom. The van der Waals surface area contributed by atoms with Crippen LogP contribution in [0.3, 0.4) is 0 Å². The summed E-state index contributed by atoms with van der Waals surface area (Å²) in [6.45, 7) is 0.273. The zero-order valence-electron chi connectivity index (χ0n) is 10.4. The molecule has 0 aliphatic heterocycles. The second kappa shape index (κ2) is 5.23. The fourth-order valence-corrected chi connectivity index (χ4v) is 2.87. The summed E-state index contributed by atoms with van der Waals surface area (Å²) >= 11 is 7.01. The Morgan fingerprint density at radius 2 is 2.19 bits per heavy atom. The van der Waals surface area contributed by atoms with Gasteiger partial charge in [0.05, 0.1) is 28.7 Å². The lowest BCUT2D eigenvalue weighted by atomic mass is 10.2. The minimum atomic E-state index is -0.542. The van der Waals surface area contributed by atoms with Crippen LogP contribution in [0.5, 0.6) is 0 Å². The molecule has 0 spiro atoms. The SMILES string of the molecule is O=c1c2cc([N+](=O)[O-])ccc2ncn1Cc1cnc(Cl)s1. The van der Waals surface area contributed by atoms with Gasteiger partial charge in [0.2, 0.25) is 0 Å². The van der Waals surface area contributed by atoms with Gasteiger partial charge in [0.1, 0.15) is 0 Å². The first-order valence-electron chi connectivity index (χ1n) is 5.78. The molecule has 7 nitrogen and oxygen atoms in total. The number of nitro benzene ring substituents is 1. The molecule has 2 aromatic heterocycles. The Bertz CT molecular complexity index is 905. The summed E-state index contributed by atoms with van der Waals surface area (Å²) in [5.74, 6) is 0. The second-order valence-corrected chi connectivity index (χ2v) is 5.91. The van der Waals surface area contributed by atoms with Crippen LogP contribution >= 0.6 is 22.9 Å². The first-order chi connectivity index (χ1) is 10.0. The van der Waals surface area contributed by atoms with Crippen molar-refractivity contribution in [2.45, 2.75) is 6.54 Å². The normalized spacial score (nSPS) is 10.9. The predicted octanol–water partition coefficient (Wildman–Crippen LogP) is 2.46. The molecule has 0 N–H and O–H groups in total. The van der Waals surface area contributed by atoms with E-state index < -0.39 is 4.92 Å². The molecule has 0 amide bonds. The highest BCUT2D eigenvalue weighted by Crippen LogP contribution is 2.19. The van der Waals surface area contributed by atoms with E-state index in [1.165, 1.54) is 40.4 Å². The van der Waals surface area contributed by atoms with Crippen LogP contribution in [0.2, 0.25) is 4.47 Å². The van der Waals surface area contributed by atoms with E-state index in [-0.39, 0.29) is 23.2 Å². The third-order valence-corrected chi connectivity index (χ3v) is 3.97. The molecular weight excluding hydrogens is 316 g/mol. The first kappa shape index (κ1) is 13.7. The van der Waals surface area contributed by atoms with Crippen molar-refractivity contribution in [3.63, 3.8) is 0 Å². The molecule has 0 atom stereocenters. The zero-order chi connectivity index (χ0) is 15.0. The molecule has 21 heavy (non-hydrogen) atoms. The molecule has 0 unspecified atom stereocenters. The topological polar surface area (TPSA) is 90.9 Å². The van der Waals surface area contributed by atoms with Gasteiger partial charge in [-0.1, -0.05) is 11.6 Å². The van der Waals surface area contributed by atoms with Crippen LogP contribution in [0.25, 0.3) is 10.9 Å². The highest BCUT2D eigenvalue weighted by Gasteiger charge is 2.11. The van der Waals surface area contributed by atoms with Gasteiger partial charge in [-0.25, -0.2) is 9.97 Å². The Balaban J connectivity index is 2.10. The Kier molecular flexibility index (Phi) is 3.40. The number of benzene rings is 1. The van der Waals surface area contributed by atoms with Crippen LogP contribution in [-0.2, 0) is 6.54 Å². The van der Waals surface area contributed by atoms with Gasteiger partial charge in [-0.15, -0.1) is 11.3 Å². The Labute approximate surface area is 126 Å². The number of halogens is 1. The van der Waals surface area contributed by atoms with Gasteiger partial charge in [-0.05, 0) is 6.07 Å². The second-order valence-electron chi connectivity index (χ2n) is 4.22. The minimum Gasteiger partial charge on any atom is -0.293 e. The van der Waals surface area contributed by atoms with Gasteiger partial charge in [0, 0.05) is 23.2 Å². The quantitative estimate of drug-likeness (QED) is 0.545. The molecule has 1 aromatic carbocycles. The van der Waals surface area contributed by atoms with Gasteiger partial charge in [-0.3, -0.25) is 19.5 Å². The van der Waals surface area contributed by atoms with E-state index in [0.717, 1.165) is 4.88 Å². The number of hydrogen-bond donors (Lipinski definition) is 0. The van der Waals surface area contributed by atoms with Crippen molar-refractivity contribution in [3.8, 4) is 0 Å². The summed E-state index contributed by atoms with van der Waals surface area (Å²) in [6.07, 6.45) is 2.99. The monoisotopic (exact) mass is 322 g/mol. The average Bonchev–Trinajstić information content (AvgIpc) is 2.87. The van der Waals surface area contributed by atoms with Crippen LogP contribution in [0.15, 0.2) is 35.5 Å². The molecular formula is C12H7ClN4O3S. The summed E-state index contributed by atoms with van der Waals surface area (Å²) in [6, 6.07) is 4.02. The van der Waals surface area contributed by atoms with Crippen molar-refractivity contribution < 1.29 is 4.92 Å². The molecule has 0 saturated carbocycles. The van der Waals surface area contributed by atoms with Crippen LogP contribution < -0.4 is 5.56 Å². The van der Waals surface area contributed by atoms with Crippen LogP contribution in [-0.4, -0.2) is 19.5 Å². The van der Waals surface area contributed by atoms with E-state index in [0.29, 0.717) is 9.98 Å². The largest absolute Gasteiger partial charge is 0.293 e. The predicted molar refractivity (Wildman–Crippen MR) is 78.9 cm³/mol. The molecule has 0 aliphatic rings. The van der Waals surface area contributed by atoms with E-state index in [2.05, 4.69) is 9.97 Å². The van der Waals surface area contributed by atoms with Gasteiger partial charge in [-0.2, -0.15) is 0 Å². The van der Waals surface area contributed by atoms with Gasteiger partial charge in [0.25, 0.3) is 11.2 Å². The van der Waals surface area contributed by atoms with Crippen LogP contribution in [0.4, 0.5) is 5.69 Å². The minimum absolute atomic E-state index is 0.139. The van der Waals surface area contributed by atoms with Crippen molar-refractivity contribution in [2.24, 2.45) is 0 Å². The molecule has 2 heterocycles. The van der Waals surface area contributed by atoms with Gasteiger partial charge < -0.3 is 0 Å². The van der Waals surface area contributed by atoms with E-state index >= 15 is 0 Å². The van der Waals surface area contributed by atoms with Crippen LogP contribution in [0.1, 0.15) is 4.88 Å². The number of hydrogen-bond acceptors (Lipinski definition) is 6. The molecule has 106 valence electrons. The molecule has 0 bridgehead atoms. The number of non-ortho nitro benzene ring substituents is 1. The van der Waals surface area contributed by atoms with Gasteiger partial charge in [0.15, 0.2) is 4.47 Å². The molecule has 0 radical (unpaired) electrons. The van der Waals surface area contributed by atoms with Crippen molar-refractivity contribution in [1.29, 1.82) is 0 Å².